The van der Waals surface area contributed by atoms with Crippen LogP contribution in [0.2, 0.25) is 0 Å². The molecule has 0 radical (unpaired) electrons. The van der Waals surface area contributed by atoms with Crippen molar-refractivity contribution >= 4 is 29.9 Å². The van der Waals surface area contributed by atoms with E-state index in [1.165, 1.54) is 6.07 Å². The zero-order valence-electron chi connectivity index (χ0n) is 15.1. The Hall–Kier alpha value is -1.64. The van der Waals surface area contributed by atoms with Gasteiger partial charge in [0.1, 0.15) is 11.6 Å². The second-order valence-electron chi connectivity index (χ2n) is 5.90. The summed E-state index contributed by atoms with van der Waals surface area (Å²) in [4.78, 5) is 4.22. The van der Waals surface area contributed by atoms with Gasteiger partial charge < -0.3 is 15.2 Å². The molecule has 138 valence electrons. The molecule has 2 N–H and O–H groups in total. The van der Waals surface area contributed by atoms with Crippen molar-refractivity contribution in [3.63, 3.8) is 0 Å². The highest BCUT2D eigenvalue weighted by Crippen LogP contribution is 2.22. The van der Waals surface area contributed by atoms with Gasteiger partial charge in [-0.25, -0.2) is 4.39 Å². The van der Waals surface area contributed by atoms with Crippen molar-refractivity contribution in [3.05, 3.63) is 52.7 Å². The first-order valence-corrected chi connectivity index (χ1v) is 8.13. The largest absolute Gasteiger partial charge is 0.361 e. The summed E-state index contributed by atoms with van der Waals surface area (Å²) in [6.45, 7) is 7.41. The normalized spacial score (nSPS) is 12.4. The zero-order chi connectivity index (χ0) is 17.5. The number of nitrogens with zero attached hydrogens (tertiary/aromatic N) is 2. The number of benzene rings is 1. The van der Waals surface area contributed by atoms with E-state index in [-0.39, 0.29) is 35.7 Å². The summed E-state index contributed by atoms with van der Waals surface area (Å²) in [6, 6.07) is 6.65. The Morgan fingerprint density at radius 2 is 2.08 bits per heavy atom. The molecule has 0 amide bonds. The summed E-state index contributed by atoms with van der Waals surface area (Å²) in [5.41, 5.74) is 3.02. The van der Waals surface area contributed by atoms with Gasteiger partial charge in [-0.1, -0.05) is 24.2 Å². The fourth-order valence-electron chi connectivity index (χ4n) is 2.78. The van der Waals surface area contributed by atoms with E-state index >= 15 is 0 Å². The lowest BCUT2D eigenvalue weighted by atomic mass is 10.00. The van der Waals surface area contributed by atoms with Gasteiger partial charge in [-0.2, -0.15) is 0 Å². The lowest BCUT2D eigenvalue weighted by molar-refractivity contribution is 0.391. The van der Waals surface area contributed by atoms with E-state index in [2.05, 4.69) is 27.7 Å². The van der Waals surface area contributed by atoms with Crippen molar-refractivity contribution in [1.29, 1.82) is 0 Å². The molecule has 2 aromatic rings. The molecule has 0 saturated carbocycles. The molecule has 0 spiro atoms. The molecule has 1 aromatic carbocycles. The minimum atomic E-state index is -0.205. The van der Waals surface area contributed by atoms with Gasteiger partial charge >= 0.3 is 0 Å². The van der Waals surface area contributed by atoms with Crippen LogP contribution in [0, 0.1) is 19.7 Å². The molecule has 5 nitrogen and oxygen atoms in total. The lowest BCUT2D eigenvalue weighted by Gasteiger charge is -2.16. The Labute approximate surface area is 165 Å². The summed E-state index contributed by atoms with van der Waals surface area (Å²) in [5, 5.41) is 10.5. The summed E-state index contributed by atoms with van der Waals surface area (Å²) in [6.07, 6.45) is 0.734. The van der Waals surface area contributed by atoms with E-state index < -0.39 is 0 Å². The van der Waals surface area contributed by atoms with Crippen LogP contribution in [0.1, 0.15) is 35.4 Å². The molecule has 0 aliphatic rings. The minimum Gasteiger partial charge on any atom is -0.361 e. The Bertz CT molecular complexity index is 683. The Morgan fingerprint density at radius 3 is 2.68 bits per heavy atom. The van der Waals surface area contributed by atoms with Gasteiger partial charge in [0.15, 0.2) is 5.96 Å². The molecule has 0 aliphatic carbocycles. The summed E-state index contributed by atoms with van der Waals surface area (Å²) >= 11 is 0. The van der Waals surface area contributed by atoms with Crippen LogP contribution in [0.3, 0.4) is 0 Å². The van der Waals surface area contributed by atoms with Crippen molar-refractivity contribution < 1.29 is 8.91 Å². The van der Waals surface area contributed by atoms with Crippen molar-refractivity contribution in [1.82, 2.24) is 15.8 Å². The molecule has 1 aromatic heterocycles. The maximum atomic E-state index is 13.2. The standard InChI is InChI=1S/C18H25FN4O.HI/c1-12(17-13(2)23-24-14(17)3)11-22-18(20-4)21-9-8-15-6-5-7-16(19)10-15;/h5-7,10,12H,8-9,11H2,1-4H3,(H2,20,21,22);1H. The first kappa shape index (κ1) is 21.4. The quantitative estimate of drug-likeness (QED) is 0.393. The van der Waals surface area contributed by atoms with E-state index in [0.29, 0.717) is 6.54 Å². The average Bonchev–Trinajstić information content (AvgIpc) is 2.89. The van der Waals surface area contributed by atoms with Crippen LogP contribution >= 0.6 is 24.0 Å². The van der Waals surface area contributed by atoms with Crippen LogP contribution in [0.5, 0.6) is 0 Å². The molecule has 1 heterocycles. The molecule has 0 fully saturated rings. The van der Waals surface area contributed by atoms with Crippen LogP contribution in [0.15, 0.2) is 33.8 Å². The summed E-state index contributed by atoms with van der Waals surface area (Å²) in [5.74, 6) is 1.64. The zero-order valence-corrected chi connectivity index (χ0v) is 17.4. The maximum Gasteiger partial charge on any atom is 0.191 e. The van der Waals surface area contributed by atoms with E-state index in [0.717, 1.165) is 41.5 Å². The fraction of sp³-hybridized carbons (Fsp3) is 0.444. The second kappa shape index (κ2) is 10.4. The molecule has 0 saturated heterocycles. The van der Waals surface area contributed by atoms with Crippen molar-refractivity contribution in [2.24, 2.45) is 4.99 Å². The summed E-state index contributed by atoms with van der Waals surface area (Å²) < 4.78 is 18.4. The Kier molecular flexibility index (Phi) is 8.88. The average molecular weight is 460 g/mol. The topological polar surface area (TPSA) is 62.5 Å². The van der Waals surface area contributed by atoms with Crippen LogP contribution in [0.25, 0.3) is 0 Å². The second-order valence-corrected chi connectivity index (χ2v) is 5.90. The first-order valence-electron chi connectivity index (χ1n) is 8.13. The van der Waals surface area contributed by atoms with E-state index in [9.17, 15) is 4.39 Å². The molecular weight excluding hydrogens is 434 g/mol. The molecule has 25 heavy (non-hydrogen) atoms. The number of aryl methyl sites for hydroxylation is 2. The van der Waals surface area contributed by atoms with Crippen LogP contribution in [-0.4, -0.2) is 31.3 Å². The van der Waals surface area contributed by atoms with Crippen molar-refractivity contribution in [2.45, 2.75) is 33.1 Å². The van der Waals surface area contributed by atoms with Crippen molar-refractivity contribution in [2.75, 3.05) is 20.1 Å². The van der Waals surface area contributed by atoms with Crippen LogP contribution in [-0.2, 0) is 6.42 Å². The van der Waals surface area contributed by atoms with E-state index in [1.54, 1.807) is 19.2 Å². The smallest absolute Gasteiger partial charge is 0.191 e. The number of hydrogen-bond acceptors (Lipinski definition) is 3. The van der Waals surface area contributed by atoms with E-state index in [4.69, 9.17) is 4.52 Å². The van der Waals surface area contributed by atoms with E-state index in [1.807, 2.05) is 19.9 Å². The van der Waals surface area contributed by atoms with Crippen LogP contribution < -0.4 is 10.6 Å². The number of hydrogen-bond donors (Lipinski definition) is 2. The molecular formula is C18H26FIN4O. The Balaban J connectivity index is 0.00000312. The summed E-state index contributed by atoms with van der Waals surface area (Å²) in [7, 11) is 1.73. The maximum absolute atomic E-state index is 13.2. The molecule has 7 heteroatoms. The number of nitrogens with one attached hydrogen (secondary N) is 2. The SMILES string of the molecule is CN=C(NCCc1cccc(F)c1)NCC(C)c1c(C)noc1C.I. The predicted octanol–water partition coefficient (Wildman–Crippen LogP) is 3.56. The highest BCUT2D eigenvalue weighted by Gasteiger charge is 2.16. The van der Waals surface area contributed by atoms with Gasteiger partial charge in [-0.15, -0.1) is 24.0 Å². The van der Waals surface area contributed by atoms with Gasteiger partial charge in [0.25, 0.3) is 0 Å². The number of halogens is 2. The van der Waals surface area contributed by atoms with Crippen molar-refractivity contribution in [3.8, 4) is 0 Å². The van der Waals surface area contributed by atoms with Gasteiger partial charge in [0, 0.05) is 31.6 Å². The Morgan fingerprint density at radius 1 is 1.32 bits per heavy atom. The molecule has 0 bridgehead atoms. The molecule has 2 rings (SSSR count). The molecule has 0 aliphatic heterocycles. The van der Waals surface area contributed by atoms with Gasteiger partial charge in [-0.05, 0) is 38.0 Å². The molecule has 1 atom stereocenters. The highest BCUT2D eigenvalue weighted by molar-refractivity contribution is 14.0. The number of aliphatic imine (C=N–C) groups is 1. The van der Waals surface area contributed by atoms with Gasteiger partial charge in [0.05, 0.1) is 5.69 Å². The van der Waals surface area contributed by atoms with Gasteiger partial charge in [0.2, 0.25) is 0 Å². The third-order valence-electron chi connectivity index (χ3n) is 3.98. The fourth-order valence-corrected chi connectivity index (χ4v) is 2.78. The third-order valence-corrected chi connectivity index (χ3v) is 3.98. The van der Waals surface area contributed by atoms with Crippen LogP contribution in [0.4, 0.5) is 4.39 Å². The number of rotatable bonds is 6. The molecule has 1 unspecified atom stereocenters. The minimum absolute atomic E-state index is 0. The third kappa shape index (κ3) is 6.30. The number of guanidine groups is 1. The predicted molar refractivity (Wildman–Crippen MR) is 109 cm³/mol. The first-order chi connectivity index (χ1) is 11.5. The number of aromatic nitrogens is 1. The monoisotopic (exact) mass is 460 g/mol. The lowest BCUT2D eigenvalue weighted by Crippen LogP contribution is -2.40. The van der Waals surface area contributed by atoms with Gasteiger partial charge in [-0.3, -0.25) is 4.99 Å². The highest BCUT2D eigenvalue weighted by atomic mass is 127.